The molecule has 2 heterocycles. The topological polar surface area (TPSA) is 19.4 Å². The Morgan fingerprint density at radius 2 is 2.12 bits per heavy atom. The summed E-state index contributed by atoms with van der Waals surface area (Å²) in [5, 5.41) is 0. The molecule has 4 heteroatoms. The standard InChI is InChI=1S/C12H18ClN3/c13-5-9-15-7-3-8-16(11-10-15)12-4-1-2-6-14-12/h1-2,4,6H,3,5,7-11H2. The van der Waals surface area contributed by atoms with E-state index in [9.17, 15) is 0 Å². The van der Waals surface area contributed by atoms with Gasteiger partial charge in [-0.2, -0.15) is 0 Å². The fourth-order valence-corrected chi connectivity index (χ4v) is 2.32. The Kier molecular flexibility index (Phi) is 4.43. The smallest absolute Gasteiger partial charge is 0.128 e. The van der Waals surface area contributed by atoms with Crippen LogP contribution in [0.15, 0.2) is 24.4 Å². The number of halogens is 1. The second-order valence-corrected chi connectivity index (χ2v) is 4.44. The summed E-state index contributed by atoms with van der Waals surface area (Å²) in [6.07, 6.45) is 3.05. The SMILES string of the molecule is ClCCN1CCCN(c2ccccn2)CC1. The number of aromatic nitrogens is 1. The summed E-state index contributed by atoms with van der Waals surface area (Å²) in [7, 11) is 0. The third-order valence-corrected chi connectivity index (χ3v) is 3.13. The molecule has 16 heavy (non-hydrogen) atoms. The predicted molar refractivity (Wildman–Crippen MR) is 68.2 cm³/mol. The van der Waals surface area contributed by atoms with Crippen molar-refractivity contribution in [2.24, 2.45) is 0 Å². The highest BCUT2D eigenvalue weighted by Crippen LogP contribution is 2.12. The van der Waals surface area contributed by atoms with Crippen molar-refractivity contribution < 1.29 is 0 Å². The number of hydrogen-bond donors (Lipinski definition) is 0. The van der Waals surface area contributed by atoms with Gasteiger partial charge in [-0.05, 0) is 25.1 Å². The molecule has 0 saturated carbocycles. The van der Waals surface area contributed by atoms with Gasteiger partial charge in [0.1, 0.15) is 5.82 Å². The number of pyridine rings is 1. The van der Waals surface area contributed by atoms with Gasteiger partial charge >= 0.3 is 0 Å². The lowest BCUT2D eigenvalue weighted by molar-refractivity contribution is 0.311. The van der Waals surface area contributed by atoms with E-state index in [2.05, 4.69) is 20.9 Å². The van der Waals surface area contributed by atoms with Crippen LogP contribution in [0.5, 0.6) is 0 Å². The van der Waals surface area contributed by atoms with Gasteiger partial charge in [0.05, 0.1) is 0 Å². The molecule has 1 saturated heterocycles. The van der Waals surface area contributed by atoms with Crippen LogP contribution in [0.4, 0.5) is 5.82 Å². The number of rotatable bonds is 3. The van der Waals surface area contributed by atoms with Gasteiger partial charge in [0.2, 0.25) is 0 Å². The first-order chi connectivity index (χ1) is 7.90. The summed E-state index contributed by atoms with van der Waals surface area (Å²) in [5.41, 5.74) is 0. The van der Waals surface area contributed by atoms with E-state index in [-0.39, 0.29) is 0 Å². The van der Waals surface area contributed by atoms with Gasteiger partial charge in [-0.3, -0.25) is 0 Å². The van der Waals surface area contributed by atoms with Gasteiger partial charge in [-0.1, -0.05) is 6.07 Å². The van der Waals surface area contributed by atoms with Crippen molar-refractivity contribution in [3.05, 3.63) is 24.4 Å². The number of alkyl halides is 1. The Hall–Kier alpha value is -0.800. The monoisotopic (exact) mass is 239 g/mol. The van der Waals surface area contributed by atoms with E-state index < -0.39 is 0 Å². The zero-order valence-corrected chi connectivity index (χ0v) is 10.2. The van der Waals surface area contributed by atoms with Gasteiger partial charge in [0, 0.05) is 38.3 Å². The third kappa shape index (κ3) is 3.09. The average Bonchev–Trinajstić information content (AvgIpc) is 2.57. The van der Waals surface area contributed by atoms with Gasteiger partial charge < -0.3 is 9.80 Å². The molecule has 88 valence electrons. The predicted octanol–water partition coefficient (Wildman–Crippen LogP) is 1.83. The zero-order chi connectivity index (χ0) is 11.2. The van der Waals surface area contributed by atoms with E-state index in [1.165, 1.54) is 6.42 Å². The summed E-state index contributed by atoms with van der Waals surface area (Å²) in [6, 6.07) is 6.09. The Bertz CT molecular complexity index is 304. The highest BCUT2D eigenvalue weighted by molar-refractivity contribution is 6.18. The lowest BCUT2D eigenvalue weighted by Crippen LogP contribution is -2.32. The maximum atomic E-state index is 5.77. The minimum Gasteiger partial charge on any atom is -0.355 e. The summed E-state index contributed by atoms with van der Waals surface area (Å²) < 4.78 is 0. The summed E-state index contributed by atoms with van der Waals surface area (Å²) >= 11 is 5.77. The molecule has 3 nitrogen and oxygen atoms in total. The fraction of sp³-hybridized carbons (Fsp3) is 0.583. The first-order valence-electron chi connectivity index (χ1n) is 5.84. The molecule has 1 aliphatic rings. The van der Waals surface area contributed by atoms with Crippen LogP contribution in [-0.4, -0.2) is 48.5 Å². The van der Waals surface area contributed by atoms with Gasteiger partial charge in [0.25, 0.3) is 0 Å². The van der Waals surface area contributed by atoms with E-state index in [0.717, 1.165) is 44.4 Å². The zero-order valence-electron chi connectivity index (χ0n) is 9.48. The van der Waals surface area contributed by atoms with Crippen molar-refractivity contribution in [3.63, 3.8) is 0 Å². The van der Waals surface area contributed by atoms with Crippen LogP contribution in [0, 0.1) is 0 Å². The molecule has 0 bridgehead atoms. The second kappa shape index (κ2) is 6.06. The van der Waals surface area contributed by atoms with E-state index in [4.69, 9.17) is 11.6 Å². The highest BCUT2D eigenvalue weighted by atomic mass is 35.5. The van der Waals surface area contributed by atoms with Crippen LogP contribution >= 0.6 is 11.6 Å². The van der Waals surface area contributed by atoms with Crippen molar-refractivity contribution in [2.45, 2.75) is 6.42 Å². The average molecular weight is 240 g/mol. The molecular formula is C12H18ClN3. The van der Waals surface area contributed by atoms with E-state index in [1.54, 1.807) is 0 Å². The van der Waals surface area contributed by atoms with Crippen molar-refractivity contribution in [1.29, 1.82) is 0 Å². The molecule has 1 aromatic rings. The highest BCUT2D eigenvalue weighted by Gasteiger charge is 2.14. The first kappa shape index (κ1) is 11.7. The van der Waals surface area contributed by atoms with Crippen molar-refractivity contribution in [1.82, 2.24) is 9.88 Å². The van der Waals surface area contributed by atoms with Crippen molar-refractivity contribution >= 4 is 17.4 Å². The molecule has 1 fully saturated rings. The van der Waals surface area contributed by atoms with Gasteiger partial charge in [-0.25, -0.2) is 4.98 Å². The molecular weight excluding hydrogens is 222 g/mol. The molecule has 0 unspecified atom stereocenters. The molecule has 1 aliphatic heterocycles. The van der Waals surface area contributed by atoms with E-state index in [0.29, 0.717) is 0 Å². The molecule has 0 radical (unpaired) electrons. The molecule has 1 aromatic heterocycles. The van der Waals surface area contributed by atoms with Crippen LogP contribution in [-0.2, 0) is 0 Å². The largest absolute Gasteiger partial charge is 0.355 e. The Balaban J connectivity index is 1.94. The Morgan fingerprint density at radius 1 is 1.19 bits per heavy atom. The molecule has 2 rings (SSSR count). The quantitative estimate of drug-likeness (QED) is 0.751. The maximum Gasteiger partial charge on any atom is 0.128 e. The normalized spacial score (nSPS) is 18.4. The van der Waals surface area contributed by atoms with E-state index in [1.807, 2.05) is 18.3 Å². The molecule has 0 aromatic carbocycles. The summed E-state index contributed by atoms with van der Waals surface area (Å²) in [4.78, 5) is 9.18. The molecule has 0 atom stereocenters. The molecule has 0 aliphatic carbocycles. The molecule has 0 N–H and O–H groups in total. The molecule has 0 spiro atoms. The Labute approximate surface area is 102 Å². The maximum absolute atomic E-state index is 5.77. The number of hydrogen-bond acceptors (Lipinski definition) is 3. The lowest BCUT2D eigenvalue weighted by atomic mass is 10.3. The third-order valence-electron chi connectivity index (χ3n) is 2.96. The molecule has 0 amide bonds. The lowest BCUT2D eigenvalue weighted by Gasteiger charge is -2.22. The van der Waals surface area contributed by atoms with Crippen LogP contribution in [0.2, 0.25) is 0 Å². The summed E-state index contributed by atoms with van der Waals surface area (Å²) in [6.45, 7) is 5.38. The first-order valence-corrected chi connectivity index (χ1v) is 6.38. The van der Waals surface area contributed by atoms with Crippen LogP contribution < -0.4 is 4.90 Å². The van der Waals surface area contributed by atoms with Crippen LogP contribution in [0.1, 0.15) is 6.42 Å². The number of nitrogens with zero attached hydrogens (tertiary/aromatic N) is 3. The van der Waals surface area contributed by atoms with E-state index >= 15 is 0 Å². The van der Waals surface area contributed by atoms with Crippen LogP contribution in [0.3, 0.4) is 0 Å². The minimum atomic E-state index is 0.726. The Morgan fingerprint density at radius 3 is 2.88 bits per heavy atom. The van der Waals surface area contributed by atoms with Crippen molar-refractivity contribution in [2.75, 3.05) is 43.5 Å². The minimum absolute atomic E-state index is 0.726. The number of anilines is 1. The van der Waals surface area contributed by atoms with Gasteiger partial charge in [0.15, 0.2) is 0 Å². The van der Waals surface area contributed by atoms with Crippen LogP contribution in [0.25, 0.3) is 0 Å². The fourth-order valence-electron chi connectivity index (χ4n) is 2.08. The second-order valence-electron chi connectivity index (χ2n) is 4.06. The summed E-state index contributed by atoms with van der Waals surface area (Å²) in [5.74, 6) is 1.82. The van der Waals surface area contributed by atoms with Crippen molar-refractivity contribution in [3.8, 4) is 0 Å². The van der Waals surface area contributed by atoms with Gasteiger partial charge in [-0.15, -0.1) is 11.6 Å².